The molecule has 2 aromatic carbocycles. The van der Waals surface area contributed by atoms with Gasteiger partial charge in [0.1, 0.15) is 6.10 Å². The smallest absolute Gasteiger partial charge is 0.416 e. The summed E-state index contributed by atoms with van der Waals surface area (Å²) in [6, 6.07) is 5.50. The fourth-order valence-electron chi connectivity index (χ4n) is 3.03. The van der Waals surface area contributed by atoms with Gasteiger partial charge in [0.25, 0.3) is 0 Å². The Bertz CT molecular complexity index is 1050. The van der Waals surface area contributed by atoms with Gasteiger partial charge in [0.05, 0.1) is 31.0 Å². The lowest BCUT2D eigenvalue weighted by atomic mass is 9.96. The van der Waals surface area contributed by atoms with Crippen molar-refractivity contribution in [2.24, 2.45) is 0 Å². The first-order chi connectivity index (χ1) is 14.0. The summed E-state index contributed by atoms with van der Waals surface area (Å²) in [5.41, 5.74) is -3.76. The second-order valence-corrected chi connectivity index (χ2v) is 6.37. The minimum Gasteiger partial charge on any atom is -0.493 e. The summed E-state index contributed by atoms with van der Waals surface area (Å²) in [7, 11) is 2.76. The van der Waals surface area contributed by atoms with E-state index in [0.29, 0.717) is 23.3 Å². The molecule has 10 heteroatoms. The molecule has 1 aromatic heterocycles. The van der Waals surface area contributed by atoms with Crippen LogP contribution in [0.5, 0.6) is 11.5 Å². The number of hydrogen-bond donors (Lipinski definition) is 1. The van der Waals surface area contributed by atoms with Crippen molar-refractivity contribution >= 4 is 10.8 Å². The first-order valence-electron chi connectivity index (χ1n) is 8.43. The molecular weight excluding hydrogens is 416 g/mol. The van der Waals surface area contributed by atoms with Gasteiger partial charge in [-0.3, -0.25) is 4.98 Å². The number of methoxy groups -OCH3 is 2. The zero-order valence-electron chi connectivity index (χ0n) is 15.6. The minimum atomic E-state index is -5.03. The van der Waals surface area contributed by atoms with Gasteiger partial charge in [0.15, 0.2) is 11.5 Å². The van der Waals surface area contributed by atoms with E-state index < -0.39 is 35.1 Å². The maximum Gasteiger partial charge on any atom is 0.416 e. The van der Waals surface area contributed by atoms with Gasteiger partial charge < -0.3 is 14.6 Å². The van der Waals surface area contributed by atoms with Crippen molar-refractivity contribution in [3.8, 4) is 11.5 Å². The molecule has 30 heavy (non-hydrogen) atoms. The second kappa shape index (κ2) is 7.67. The monoisotopic (exact) mass is 431 g/mol. The molecular formula is C20H15F6NO3. The number of ether oxygens (including phenoxy) is 2. The third kappa shape index (κ3) is 4.13. The van der Waals surface area contributed by atoms with Gasteiger partial charge in [0, 0.05) is 11.6 Å². The van der Waals surface area contributed by atoms with Crippen LogP contribution in [-0.4, -0.2) is 24.3 Å². The largest absolute Gasteiger partial charge is 0.493 e. The number of aliphatic hydroxyl groups is 1. The molecule has 1 atom stereocenters. The summed E-state index contributed by atoms with van der Waals surface area (Å²) < 4.78 is 89.2. The van der Waals surface area contributed by atoms with Crippen molar-refractivity contribution in [3.63, 3.8) is 0 Å². The standard InChI is InChI=1S/C20H15F6NO3/c1-29-15-7-10-3-4-27-17(14(10)9-16(15)30-2)18(28)11-5-12(19(21,22)23)8-13(6-11)20(24,25)26/h3-9,18,28H,1-2H3. The molecule has 1 unspecified atom stereocenters. The molecule has 4 nitrogen and oxygen atoms in total. The van der Waals surface area contributed by atoms with Gasteiger partial charge in [0.2, 0.25) is 0 Å². The van der Waals surface area contributed by atoms with Crippen LogP contribution in [-0.2, 0) is 12.4 Å². The molecule has 1 N–H and O–H groups in total. The van der Waals surface area contributed by atoms with Gasteiger partial charge in [-0.15, -0.1) is 0 Å². The zero-order valence-corrected chi connectivity index (χ0v) is 15.6. The van der Waals surface area contributed by atoms with Gasteiger partial charge in [-0.2, -0.15) is 26.3 Å². The molecule has 0 fully saturated rings. The molecule has 0 aliphatic carbocycles. The SMILES string of the molecule is COc1cc2ccnc(C(O)c3cc(C(F)(F)F)cc(C(F)(F)F)c3)c2cc1OC. The number of benzene rings is 2. The van der Waals surface area contributed by atoms with E-state index in [0.717, 1.165) is 0 Å². The first-order valence-corrected chi connectivity index (χ1v) is 8.43. The Hall–Kier alpha value is -3.01. The zero-order chi connectivity index (χ0) is 22.3. The second-order valence-electron chi connectivity index (χ2n) is 6.37. The van der Waals surface area contributed by atoms with E-state index in [1.165, 1.54) is 26.5 Å². The van der Waals surface area contributed by atoms with Crippen molar-refractivity contribution in [2.75, 3.05) is 14.2 Å². The highest BCUT2D eigenvalue weighted by molar-refractivity contribution is 5.88. The highest BCUT2D eigenvalue weighted by Gasteiger charge is 2.37. The summed E-state index contributed by atoms with van der Waals surface area (Å²) in [6.07, 6.45) is -10.6. The van der Waals surface area contributed by atoms with Crippen molar-refractivity contribution in [1.29, 1.82) is 0 Å². The molecule has 0 spiro atoms. The summed E-state index contributed by atoms with van der Waals surface area (Å²) in [5, 5.41) is 11.5. The Kier molecular flexibility index (Phi) is 5.55. The van der Waals surface area contributed by atoms with Crippen molar-refractivity contribution in [3.05, 3.63) is 65.0 Å². The average Bonchev–Trinajstić information content (AvgIpc) is 2.70. The van der Waals surface area contributed by atoms with Crippen LogP contribution in [0.2, 0.25) is 0 Å². The Labute approximate surface area is 166 Å². The van der Waals surface area contributed by atoms with E-state index in [-0.39, 0.29) is 22.9 Å². The predicted molar refractivity (Wildman–Crippen MR) is 95.4 cm³/mol. The molecule has 0 saturated carbocycles. The van der Waals surface area contributed by atoms with Gasteiger partial charge in [-0.25, -0.2) is 0 Å². The summed E-state index contributed by atoms with van der Waals surface area (Å²) in [6.45, 7) is 0. The highest BCUT2D eigenvalue weighted by atomic mass is 19.4. The number of fused-ring (bicyclic) bond motifs is 1. The Morgan fingerprint density at radius 2 is 1.37 bits per heavy atom. The molecule has 0 bridgehead atoms. The van der Waals surface area contributed by atoms with Crippen molar-refractivity contribution in [1.82, 2.24) is 4.98 Å². The van der Waals surface area contributed by atoms with Gasteiger partial charge >= 0.3 is 12.4 Å². The summed E-state index contributed by atoms with van der Waals surface area (Å²) >= 11 is 0. The molecule has 1 heterocycles. The number of pyridine rings is 1. The Morgan fingerprint density at radius 3 is 1.87 bits per heavy atom. The van der Waals surface area contributed by atoms with E-state index in [9.17, 15) is 31.4 Å². The Morgan fingerprint density at radius 1 is 0.833 bits per heavy atom. The van der Waals surface area contributed by atoms with Crippen LogP contribution in [0.4, 0.5) is 26.3 Å². The third-order valence-corrected chi connectivity index (χ3v) is 4.48. The first kappa shape index (κ1) is 21.7. The van der Waals surface area contributed by atoms with Gasteiger partial charge in [-0.1, -0.05) is 0 Å². The number of nitrogens with zero attached hydrogens (tertiary/aromatic N) is 1. The van der Waals surface area contributed by atoms with E-state index in [4.69, 9.17) is 9.47 Å². The maximum absolute atomic E-state index is 13.1. The topological polar surface area (TPSA) is 51.6 Å². The predicted octanol–water partition coefficient (Wildman–Crippen LogP) is 5.37. The molecule has 0 aliphatic heterocycles. The van der Waals surface area contributed by atoms with Crippen LogP contribution < -0.4 is 9.47 Å². The molecule has 0 amide bonds. The van der Waals surface area contributed by atoms with E-state index >= 15 is 0 Å². The summed E-state index contributed by atoms with van der Waals surface area (Å²) in [4.78, 5) is 3.99. The van der Waals surface area contributed by atoms with E-state index in [2.05, 4.69) is 4.98 Å². The lowest BCUT2D eigenvalue weighted by Crippen LogP contribution is -2.14. The van der Waals surface area contributed by atoms with Crippen LogP contribution in [0.1, 0.15) is 28.5 Å². The van der Waals surface area contributed by atoms with Crippen molar-refractivity contribution < 1.29 is 40.9 Å². The quantitative estimate of drug-likeness (QED) is 0.565. The molecule has 3 aromatic rings. The molecule has 0 saturated heterocycles. The maximum atomic E-state index is 13.1. The number of rotatable bonds is 4. The number of alkyl halides is 6. The fourth-order valence-corrected chi connectivity index (χ4v) is 3.03. The minimum absolute atomic E-state index is 0.000636. The third-order valence-electron chi connectivity index (χ3n) is 4.48. The summed E-state index contributed by atoms with van der Waals surface area (Å²) in [5.74, 6) is 0.613. The van der Waals surface area contributed by atoms with Crippen LogP contribution in [0.15, 0.2) is 42.6 Å². The normalized spacial score (nSPS) is 13.4. The van der Waals surface area contributed by atoms with Crippen LogP contribution in [0.25, 0.3) is 10.8 Å². The average molecular weight is 431 g/mol. The van der Waals surface area contributed by atoms with Gasteiger partial charge in [-0.05, 0) is 47.3 Å². The number of aliphatic hydroxyl groups excluding tert-OH is 1. The molecule has 3 rings (SSSR count). The number of halogens is 6. The van der Waals surface area contributed by atoms with Crippen LogP contribution >= 0.6 is 0 Å². The molecule has 0 aliphatic rings. The lowest BCUT2D eigenvalue weighted by Gasteiger charge is -2.18. The molecule has 160 valence electrons. The van der Waals surface area contributed by atoms with E-state index in [1.807, 2.05) is 0 Å². The van der Waals surface area contributed by atoms with E-state index in [1.54, 1.807) is 12.1 Å². The number of hydrogen-bond acceptors (Lipinski definition) is 4. The van der Waals surface area contributed by atoms with Crippen molar-refractivity contribution in [2.45, 2.75) is 18.5 Å². The highest BCUT2D eigenvalue weighted by Crippen LogP contribution is 2.40. The van der Waals surface area contributed by atoms with Crippen LogP contribution in [0, 0.1) is 0 Å². The fraction of sp³-hybridized carbons (Fsp3) is 0.250. The number of aromatic nitrogens is 1. The molecule has 0 radical (unpaired) electrons. The van der Waals surface area contributed by atoms with Crippen LogP contribution in [0.3, 0.4) is 0 Å². The lowest BCUT2D eigenvalue weighted by molar-refractivity contribution is -0.143. The Balaban J connectivity index is 2.21.